The topological polar surface area (TPSA) is 17.1 Å². The monoisotopic (exact) mass is 358 g/mol. The van der Waals surface area contributed by atoms with E-state index in [9.17, 15) is 4.79 Å². The molecule has 0 atom stereocenters. The molecule has 0 saturated carbocycles. The third-order valence-corrected chi connectivity index (χ3v) is 3.49. The van der Waals surface area contributed by atoms with E-state index in [1.54, 1.807) is 0 Å². The first kappa shape index (κ1) is 10.5. The number of benzene rings is 1. The van der Waals surface area contributed by atoms with Gasteiger partial charge in [0.2, 0.25) is 0 Å². The highest BCUT2D eigenvalue weighted by molar-refractivity contribution is 14.1. The Kier molecular flexibility index (Phi) is 3.55. The van der Waals surface area contributed by atoms with Gasteiger partial charge in [-0.25, -0.2) is 0 Å². The van der Waals surface area contributed by atoms with Crippen LogP contribution in [-0.2, 0) is 0 Å². The van der Waals surface area contributed by atoms with Crippen molar-refractivity contribution in [3.8, 4) is 0 Å². The minimum absolute atomic E-state index is 0.404. The summed E-state index contributed by atoms with van der Waals surface area (Å²) in [5.41, 5.74) is 1.48. The predicted molar refractivity (Wildman–Crippen MR) is 61.8 cm³/mol. The lowest BCUT2D eigenvalue weighted by atomic mass is 10.1. The average Bonchev–Trinajstić information content (AvgIpc) is 1.97. The van der Waals surface area contributed by atoms with Crippen LogP contribution in [0.3, 0.4) is 0 Å². The van der Waals surface area contributed by atoms with Gasteiger partial charge in [-0.2, -0.15) is 0 Å². The second-order valence-electron chi connectivity index (χ2n) is 2.30. The zero-order valence-corrected chi connectivity index (χ0v) is 10.7. The molecule has 0 aliphatic carbocycles. The number of halogens is 3. The van der Waals surface area contributed by atoms with Crippen molar-refractivity contribution in [3.05, 3.63) is 31.3 Å². The molecule has 1 aromatic carbocycles. The molecule has 0 aliphatic heterocycles. The molecule has 0 aliphatic rings. The van der Waals surface area contributed by atoms with Gasteiger partial charge in [-0.1, -0.05) is 15.9 Å². The fourth-order valence-corrected chi connectivity index (χ4v) is 2.46. The third kappa shape index (κ3) is 2.00. The summed E-state index contributed by atoms with van der Waals surface area (Å²) in [4.78, 5) is 11.0. The number of carbonyl (C=O) groups excluding carboxylic acids is 1. The van der Waals surface area contributed by atoms with Gasteiger partial charge in [0.15, 0.2) is 0 Å². The van der Waals surface area contributed by atoms with Crippen molar-refractivity contribution in [2.24, 2.45) is 0 Å². The molecular weight excluding hydrogens is 354 g/mol. The van der Waals surface area contributed by atoms with Gasteiger partial charge in [-0.05, 0) is 58.8 Å². The summed E-state index contributed by atoms with van der Waals surface area (Å²) in [5.74, 6) is 0. The molecule has 0 N–H and O–H groups in total. The van der Waals surface area contributed by atoms with E-state index < -0.39 is 5.24 Å². The molecule has 4 heteroatoms. The Morgan fingerprint density at radius 3 is 2.58 bits per heavy atom. The molecule has 0 heterocycles. The number of rotatable bonds is 1. The maximum atomic E-state index is 11.0. The number of carbonyl (C=O) groups is 1. The maximum absolute atomic E-state index is 11.0. The van der Waals surface area contributed by atoms with Crippen LogP contribution in [0.25, 0.3) is 0 Å². The zero-order valence-electron chi connectivity index (χ0n) is 6.20. The summed E-state index contributed by atoms with van der Waals surface area (Å²) in [6.45, 7) is 1.86. The van der Waals surface area contributed by atoms with Crippen LogP contribution in [0.4, 0.5) is 0 Å². The fourth-order valence-electron chi connectivity index (χ4n) is 0.894. The summed E-state index contributed by atoms with van der Waals surface area (Å²) in [6, 6.07) is 3.76. The van der Waals surface area contributed by atoms with E-state index in [2.05, 4.69) is 38.5 Å². The molecule has 1 aromatic rings. The van der Waals surface area contributed by atoms with Crippen LogP contribution in [0, 0.1) is 10.5 Å². The first-order valence-corrected chi connectivity index (χ1v) is 5.43. The molecule has 12 heavy (non-hydrogen) atoms. The van der Waals surface area contributed by atoms with E-state index in [4.69, 9.17) is 11.6 Å². The largest absolute Gasteiger partial charge is 0.276 e. The molecule has 0 radical (unpaired) electrons. The molecule has 1 nitrogen and oxygen atoms in total. The molecular formula is C8H5BrClIO. The Hall–Kier alpha value is 0.390. The van der Waals surface area contributed by atoms with Crippen molar-refractivity contribution in [2.75, 3.05) is 0 Å². The third-order valence-electron chi connectivity index (χ3n) is 1.54. The molecule has 1 rings (SSSR count). The molecule has 0 unspecified atom stereocenters. The molecule has 0 aromatic heterocycles. The summed E-state index contributed by atoms with van der Waals surface area (Å²) in [5, 5.41) is -0.404. The predicted octanol–water partition coefficient (Wildman–Crippen LogP) is 3.74. The van der Waals surface area contributed by atoms with E-state index >= 15 is 0 Å². The number of hydrogen-bond donors (Lipinski definition) is 0. The van der Waals surface area contributed by atoms with Gasteiger partial charge in [0.1, 0.15) is 0 Å². The second kappa shape index (κ2) is 4.07. The standard InChI is InChI=1S/C8H5BrClIO/c1-4-5(9)2-3-6(11)7(4)8(10)12/h2-3H,1H3. The Bertz CT molecular complexity index is 338. The smallest absolute Gasteiger partial charge is 0.253 e. The summed E-state index contributed by atoms with van der Waals surface area (Å²) in [7, 11) is 0. The van der Waals surface area contributed by atoms with E-state index in [-0.39, 0.29) is 0 Å². The molecule has 0 spiro atoms. The van der Waals surface area contributed by atoms with Crippen molar-refractivity contribution in [2.45, 2.75) is 6.92 Å². The van der Waals surface area contributed by atoms with Crippen molar-refractivity contribution in [1.29, 1.82) is 0 Å². The fraction of sp³-hybridized carbons (Fsp3) is 0.125. The molecule has 0 bridgehead atoms. The first-order valence-electron chi connectivity index (χ1n) is 3.18. The van der Waals surface area contributed by atoms with Crippen molar-refractivity contribution in [1.82, 2.24) is 0 Å². The zero-order chi connectivity index (χ0) is 9.30. The average molecular weight is 359 g/mol. The summed E-state index contributed by atoms with van der Waals surface area (Å²) in [6.07, 6.45) is 0. The highest BCUT2D eigenvalue weighted by Crippen LogP contribution is 2.25. The Morgan fingerprint density at radius 1 is 1.58 bits per heavy atom. The van der Waals surface area contributed by atoms with Gasteiger partial charge in [0, 0.05) is 8.04 Å². The summed E-state index contributed by atoms with van der Waals surface area (Å²) < 4.78 is 1.79. The van der Waals surface area contributed by atoms with Crippen LogP contribution in [0.5, 0.6) is 0 Å². The van der Waals surface area contributed by atoms with E-state index in [1.165, 1.54) is 0 Å². The van der Waals surface area contributed by atoms with E-state index in [0.717, 1.165) is 13.6 Å². The van der Waals surface area contributed by atoms with Gasteiger partial charge in [-0.3, -0.25) is 4.79 Å². The van der Waals surface area contributed by atoms with E-state index in [1.807, 2.05) is 19.1 Å². The second-order valence-corrected chi connectivity index (χ2v) is 4.66. The minimum atomic E-state index is -0.404. The first-order chi connectivity index (χ1) is 5.54. The van der Waals surface area contributed by atoms with Crippen LogP contribution in [0.2, 0.25) is 0 Å². The lowest BCUT2D eigenvalue weighted by Crippen LogP contribution is -1.97. The molecule has 0 saturated heterocycles. The molecule has 64 valence electrons. The minimum Gasteiger partial charge on any atom is -0.276 e. The van der Waals surface area contributed by atoms with Gasteiger partial charge in [-0.15, -0.1) is 0 Å². The van der Waals surface area contributed by atoms with Gasteiger partial charge >= 0.3 is 0 Å². The SMILES string of the molecule is Cc1c(Br)ccc(I)c1C(=O)Cl. The lowest BCUT2D eigenvalue weighted by molar-refractivity contribution is 0.108. The van der Waals surface area contributed by atoms with Crippen LogP contribution in [0.1, 0.15) is 15.9 Å². The van der Waals surface area contributed by atoms with Crippen LogP contribution in [0.15, 0.2) is 16.6 Å². The van der Waals surface area contributed by atoms with Gasteiger partial charge in [0.05, 0.1) is 5.56 Å². The van der Waals surface area contributed by atoms with Gasteiger partial charge < -0.3 is 0 Å². The Labute approximate surface area is 97.8 Å². The highest BCUT2D eigenvalue weighted by atomic mass is 127. The van der Waals surface area contributed by atoms with Crippen LogP contribution < -0.4 is 0 Å². The normalized spacial score (nSPS) is 10.0. The van der Waals surface area contributed by atoms with E-state index in [0.29, 0.717) is 5.56 Å². The highest BCUT2D eigenvalue weighted by Gasteiger charge is 2.12. The lowest BCUT2D eigenvalue weighted by Gasteiger charge is -2.04. The van der Waals surface area contributed by atoms with Gasteiger partial charge in [0.25, 0.3) is 5.24 Å². The maximum Gasteiger partial charge on any atom is 0.253 e. The molecule has 0 amide bonds. The number of hydrogen-bond acceptors (Lipinski definition) is 1. The van der Waals surface area contributed by atoms with Crippen molar-refractivity contribution < 1.29 is 4.79 Å². The Morgan fingerprint density at radius 2 is 2.17 bits per heavy atom. The summed E-state index contributed by atoms with van der Waals surface area (Å²) >= 11 is 10.8. The van der Waals surface area contributed by atoms with Crippen molar-refractivity contribution >= 4 is 55.4 Å². The van der Waals surface area contributed by atoms with Crippen LogP contribution >= 0.6 is 50.1 Å². The molecule has 0 fully saturated rings. The van der Waals surface area contributed by atoms with Crippen molar-refractivity contribution in [3.63, 3.8) is 0 Å². The quantitative estimate of drug-likeness (QED) is 0.551. The Balaban J connectivity index is 3.43. The van der Waals surface area contributed by atoms with Crippen LogP contribution in [-0.4, -0.2) is 5.24 Å².